The highest BCUT2D eigenvalue weighted by molar-refractivity contribution is 9.10. The van der Waals surface area contributed by atoms with Crippen molar-refractivity contribution in [2.24, 2.45) is 0 Å². The van der Waals surface area contributed by atoms with E-state index in [2.05, 4.69) is 15.9 Å². The van der Waals surface area contributed by atoms with Crippen LogP contribution in [0.3, 0.4) is 0 Å². The Kier molecular flexibility index (Phi) is 4.37. The molecule has 0 radical (unpaired) electrons. The Morgan fingerprint density at radius 1 is 1.24 bits per heavy atom. The molecular weight excluding hydrogens is 369 g/mol. The molecule has 90 valence electrons. The number of halogens is 5. The van der Waals surface area contributed by atoms with Gasteiger partial charge in [-0.1, -0.05) is 35.3 Å². The second-order valence-electron chi connectivity index (χ2n) is 3.29. The van der Waals surface area contributed by atoms with Crippen molar-refractivity contribution in [3.05, 3.63) is 54.4 Å². The standard InChI is InChI=1S/C11H5BrCl3FS/c12-7-3-1-2-5(10(7)16)9(14)6-4-8(13)17-11(6)15/h1-4,9H. The normalized spacial score (nSPS) is 12.8. The first-order chi connectivity index (χ1) is 8.00. The third-order valence-corrected chi connectivity index (χ3v) is 4.81. The summed E-state index contributed by atoms with van der Waals surface area (Å²) in [4.78, 5) is 0. The minimum absolute atomic E-state index is 0.373. The number of hydrogen-bond acceptors (Lipinski definition) is 1. The van der Waals surface area contributed by atoms with Crippen LogP contribution in [0, 0.1) is 5.82 Å². The molecule has 1 unspecified atom stereocenters. The summed E-state index contributed by atoms with van der Waals surface area (Å²) in [5.41, 5.74) is 0.998. The first kappa shape index (κ1) is 13.6. The van der Waals surface area contributed by atoms with E-state index in [9.17, 15) is 4.39 Å². The smallest absolute Gasteiger partial charge is 0.142 e. The zero-order chi connectivity index (χ0) is 12.6. The van der Waals surface area contributed by atoms with E-state index in [1.165, 1.54) is 11.3 Å². The lowest BCUT2D eigenvalue weighted by molar-refractivity contribution is 0.606. The van der Waals surface area contributed by atoms with Gasteiger partial charge in [0.05, 0.1) is 18.5 Å². The van der Waals surface area contributed by atoms with Crippen LogP contribution in [0.25, 0.3) is 0 Å². The van der Waals surface area contributed by atoms with E-state index in [-0.39, 0.29) is 5.82 Å². The second kappa shape index (κ2) is 5.45. The molecule has 17 heavy (non-hydrogen) atoms. The monoisotopic (exact) mass is 372 g/mol. The SMILES string of the molecule is Fc1c(Br)cccc1C(Cl)c1cc(Cl)sc1Cl. The maximum absolute atomic E-state index is 13.9. The molecule has 0 nitrogen and oxygen atoms in total. The molecule has 1 atom stereocenters. The van der Waals surface area contributed by atoms with Crippen LogP contribution < -0.4 is 0 Å². The lowest BCUT2D eigenvalue weighted by Crippen LogP contribution is -1.96. The number of hydrogen-bond donors (Lipinski definition) is 0. The first-order valence-electron chi connectivity index (χ1n) is 4.53. The predicted molar refractivity (Wildman–Crippen MR) is 76.1 cm³/mol. The molecule has 6 heteroatoms. The highest BCUT2D eigenvalue weighted by atomic mass is 79.9. The summed E-state index contributed by atoms with van der Waals surface area (Å²) >= 11 is 22.4. The summed E-state index contributed by atoms with van der Waals surface area (Å²) < 4.78 is 15.3. The van der Waals surface area contributed by atoms with Gasteiger partial charge in [0.1, 0.15) is 5.82 Å². The maximum Gasteiger partial charge on any atom is 0.142 e. The second-order valence-corrected chi connectivity index (χ2v) is 6.86. The molecule has 0 N–H and O–H groups in total. The van der Waals surface area contributed by atoms with Crippen LogP contribution in [0.4, 0.5) is 4.39 Å². The third kappa shape index (κ3) is 2.79. The van der Waals surface area contributed by atoms with Crippen molar-refractivity contribution in [3.63, 3.8) is 0 Å². The molecule has 1 heterocycles. The van der Waals surface area contributed by atoms with E-state index in [1.807, 2.05) is 0 Å². The fourth-order valence-electron chi connectivity index (χ4n) is 1.41. The van der Waals surface area contributed by atoms with Crippen molar-refractivity contribution < 1.29 is 4.39 Å². The average molecular weight is 374 g/mol. The summed E-state index contributed by atoms with van der Waals surface area (Å²) in [6, 6.07) is 6.62. The minimum atomic E-state index is -0.649. The van der Waals surface area contributed by atoms with E-state index in [1.54, 1.807) is 24.3 Å². The van der Waals surface area contributed by atoms with E-state index in [4.69, 9.17) is 34.8 Å². The summed E-state index contributed by atoms with van der Waals surface area (Å²) in [6.07, 6.45) is 0. The minimum Gasteiger partial charge on any atom is -0.205 e. The lowest BCUT2D eigenvalue weighted by Gasteiger charge is -2.10. The van der Waals surface area contributed by atoms with Crippen LogP contribution in [0.2, 0.25) is 8.67 Å². The molecule has 0 fully saturated rings. The Balaban J connectivity index is 2.47. The number of thiophene rings is 1. The van der Waals surface area contributed by atoms with Crippen molar-refractivity contribution in [3.8, 4) is 0 Å². The van der Waals surface area contributed by atoms with Crippen LogP contribution in [0.15, 0.2) is 28.7 Å². The van der Waals surface area contributed by atoms with Crippen LogP contribution in [0.5, 0.6) is 0 Å². The lowest BCUT2D eigenvalue weighted by atomic mass is 10.1. The van der Waals surface area contributed by atoms with Gasteiger partial charge in [0.15, 0.2) is 0 Å². The van der Waals surface area contributed by atoms with Crippen molar-refractivity contribution in [2.45, 2.75) is 5.38 Å². The summed E-state index contributed by atoms with van der Waals surface area (Å²) in [7, 11) is 0. The van der Waals surface area contributed by atoms with Gasteiger partial charge < -0.3 is 0 Å². The van der Waals surface area contributed by atoms with E-state index in [0.717, 1.165) is 0 Å². The van der Waals surface area contributed by atoms with Crippen molar-refractivity contribution in [1.29, 1.82) is 0 Å². The van der Waals surface area contributed by atoms with Crippen LogP contribution in [-0.4, -0.2) is 0 Å². The van der Waals surface area contributed by atoms with Crippen LogP contribution in [-0.2, 0) is 0 Å². The van der Waals surface area contributed by atoms with Gasteiger partial charge in [-0.2, -0.15) is 0 Å². The predicted octanol–water partition coefficient (Wildman–Crippen LogP) is 6.28. The van der Waals surface area contributed by atoms with Gasteiger partial charge >= 0.3 is 0 Å². The Morgan fingerprint density at radius 2 is 1.94 bits per heavy atom. The molecule has 0 aliphatic carbocycles. The quantitative estimate of drug-likeness (QED) is 0.542. The average Bonchev–Trinajstić information content (AvgIpc) is 2.61. The maximum atomic E-state index is 13.9. The summed E-state index contributed by atoms with van der Waals surface area (Å²) in [6.45, 7) is 0. The molecule has 0 spiro atoms. The molecule has 1 aromatic carbocycles. The largest absolute Gasteiger partial charge is 0.205 e. The Hall–Kier alpha value is 0.200. The molecule has 0 aliphatic rings. The Labute approximate surface area is 125 Å². The Morgan fingerprint density at radius 3 is 2.53 bits per heavy atom. The molecule has 0 saturated carbocycles. The Bertz CT molecular complexity index is 556. The fraction of sp³-hybridized carbons (Fsp3) is 0.0909. The topological polar surface area (TPSA) is 0 Å². The molecule has 0 aliphatic heterocycles. The van der Waals surface area contributed by atoms with E-state index in [0.29, 0.717) is 24.3 Å². The van der Waals surface area contributed by atoms with Crippen LogP contribution in [0.1, 0.15) is 16.5 Å². The number of rotatable bonds is 2. The number of alkyl halides is 1. The van der Waals surface area contributed by atoms with Gasteiger partial charge in [-0.05, 0) is 28.1 Å². The van der Waals surface area contributed by atoms with Gasteiger partial charge in [0, 0.05) is 11.1 Å². The van der Waals surface area contributed by atoms with E-state index >= 15 is 0 Å². The zero-order valence-corrected chi connectivity index (χ0v) is 12.9. The molecule has 2 aromatic rings. The number of benzene rings is 1. The zero-order valence-electron chi connectivity index (χ0n) is 8.18. The van der Waals surface area contributed by atoms with E-state index < -0.39 is 5.38 Å². The fourth-order valence-corrected chi connectivity index (χ4v) is 3.78. The molecule has 1 aromatic heterocycles. The van der Waals surface area contributed by atoms with Crippen molar-refractivity contribution in [1.82, 2.24) is 0 Å². The van der Waals surface area contributed by atoms with Gasteiger partial charge in [-0.15, -0.1) is 22.9 Å². The first-order valence-corrected chi connectivity index (χ1v) is 7.33. The van der Waals surface area contributed by atoms with Gasteiger partial charge in [0.2, 0.25) is 0 Å². The van der Waals surface area contributed by atoms with Crippen molar-refractivity contribution >= 4 is 62.1 Å². The molecule has 0 amide bonds. The molecule has 2 rings (SSSR count). The van der Waals surface area contributed by atoms with Crippen LogP contribution >= 0.6 is 62.1 Å². The summed E-state index contributed by atoms with van der Waals surface area (Å²) in [5.74, 6) is -0.383. The third-order valence-electron chi connectivity index (χ3n) is 2.21. The van der Waals surface area contributed by atoms with Crippen molar-refractivity contribution in [2.75, 3.05) is 0 Å². The molecule has 0 bridgehead atoms. The highest BCUT2D eigenvalue weighted by Gasteiger charge is 2.21. The highest BCUT2D eigenvalue weighted by Crippen LogP contribution is 2.41. The van der Waals surface area contributed by atoms with Gasteiger partial charge in [-0.3, -0.25) is 0 Å². The molecular formula is C11H5BrCl3FS. The summed E-state index contributed by atoms with van der Waals surface area (Å²) in [5, 5.41) is -0.649. The van der Waals surface area contributed by atoms with Gasteiger partial charge in [0.25, 0.3) is 0 Å². The van der Waals surface area contributed by atoms with Gasteiger partial charge in [-0.25, -0.2) is 4.39 Å². The molecule has 0 saturated heterocycles.